The fourth-order valence-corrected chi connectivity index (χ4v) is 1.93. The van der Waals surface area contributed by atoms with Crippen molar-refractivity contribution in [2.75, 3.05) is 0 Å². The first kappa shape index (κ1) is 15.4. The van der Waals surface area contributed by atoms with Crippen molar-refractivity contribution in [2.45, 2.75) is 52.5 Å². The number of hydrogen-bond acceptors (Lipinski definition) is 3. The molecule has 1 aliphatic heterocycles. The molecule has 0 aromatic carbocycles. The Morgan fingerprint density at radius 1 is 1.16 bits per heavy atom. The normalized spacial score (nSPS) is 19.6. The molecule has 0 radical (unpaired) electrons. The smallest absolute Gasteiger partial charge is 0.253 e. The Labute approximate surface area is 113 Å². The van der Waals surface area contributed by atoms with E-state index in [1.54, 1.807) is 20.8 Å². The van der Waals surface area contributed by atoms with Gasteiger partial charge in [0.2, 0.25) is 5.91 Å². The second-order valence-electron chi connectivity index (χ2n) is 5.93. The second kappa shape index (κ2) is 5.99. The standard InChI is InChI=1S/C9H11NO2.C5H11NO/c11-8-5-6-9(12)10(8)7-3-1-2-4-7;1-5(2,3)4(6)7/h5-7H,1-4H2;1-3H3,(H2,6,7). The number of nitrogens with two attached hydrogens (primary N) is 1. The number of primary amides is 1. The number of imide groups is 1. The van der Waals surface area contributed by atoms with Crippen molar-refractivity contribution in [1.29, 1.82) is 0 Å². The Kier molecular flexibility index (Phi) is 4.86. The predicted octanol–water partition coefficient (Wildman–Crippen LogP) is 1.37. The van der Waals surface area contributed by atoms with Crippen LogP contribution in [0.5, 0.6) is 0 Å². The summed E-state index contributed by atoms with van der Waals surface area (Å²) in [6.07, 6.45) is 6.98. The van der Waals surface area contributed by atoms with Crippen molar-refractivity contribution < 1.29 is 14.4 Å². The number of carbonyl (C=O) groups excluding carboxylic acids is 3. The van der Waals surface area contributed by atoms with Gasteiger partial charge in [-0.25, -0.2) is 0 Å². The summed E-state index contributed by atoms with van der Waals surface area (Å²) in [5, 5.41) is 0. The van der Waals surface area contributed by atoms with Crippen LogP contribution in [0.25, 0.3) is 0 Å². The zero-order valence-corrected chi connectivity index (χ0v) is 11.8. The van der Waals surface area contributed by atoms with Crippen molar-refractivity contribution in [3.8, 4) is 0 Å². The molecule has 3 amide bonds. The topological polar surface area (TPSA) is 80.5 Å². The third-order valence-corrected chi connectivity index (χ3v) is 3.27. The van der Waals surface area contributed by atoms with E-state index in [-0.39, 0.29) is 29.2 Å². The Morgan fingerprint density at radius 2 is 1.53 bits per heavy atom. The molecule has 5 nitrogen and oxygen atoms in total. The van der Waals surface area contributed by atoms with Crippen LogP contribution in [0.4, 0.5) is 0 Å². The molecular formula is C14H22N2O3. The lowest BCUT2D eigenvalue weighted by Gasteiger charge is -2.20. The molecule has 0 saturated heterocycles. The zero-order valence-electron chi connectivity index (χ0n) is 11.8. The summed E-state index contributed by atoms with van der Waals surface area (Å²) in [7, 11) is 0. The Balaban J connectivity index is 0.000000224. The summed E-state index contributed by atoms with van der Waals surface area (Å²) in [5.41, 5.74) is 4.57. The highest BCUT2D eigenvalue weighted by atomic mass is 16.2. The number of carbonyl (C=O) groups is 3. The first-order valence-corrected chi connectivity index (χ1v) is 6.58. The fourth-order valence-electron chi connectivity index (χ4n) is 1.93. The molecule has 0 aromatic rings. The molecule has 0 spiro atoms. The van der Waals surface area contributed by atoms with E-state index in [2.05, 4.69) is 0 Å². The molecule has 2 N–H and O–H groups in total. The van der Waals surface area contributed by atoms with E-state index in [1.165, 1.54) is 17.1 Å². The first-order chi connectivity index (χ1) is 8.73. The predicted molar refractivity (Wildman–Crippen MR) is 71.9 cm³/mol. The van der Waals surface area contributed by atoms with E-state index in [0.29, 0.717) is 0 Å². The second-order valence-corrected chi connectivity index (χ2v) is 5.93. The lowest BCUT2D eigenvalue weighted by atomic mass is 9.96. The van der Waals surface area contributed by atoms with Crippen molar-refractivity contribution in [3.63, 3.8) is 0 Å². The summed E-state index contributed by atoms with van der Waals surface area (Å²) in [6, 6.07) is 0.181. The maximum atomic E-state index is 11.2. The maximum absolute atomic E-state index is 11.2. The molecule has 1 saturated carbocycles. The average Bonchev–Trinajstić information content (AvgIpc) is 2.88. The zero-order chi connectivity index (χ0) is 14.6. The monoisotopic (exact) mass is 266 g/mol. The molecule has 1 fully saturated rings. The van der Waals surface area contributed by atoms with Gasteiger partial charge in [0, 0.05) is 23.6 Å². The van der Waals surface area contributed by atoms with E-state index in [1.807, 2.05) is 0 Å². The van der Waals surface area contributed by atoms with Crippen LogP contribution >= 0.6 is 0 Å². The van der Waals surface area contributed by atoms with Gasteiger partial charge in [-0.3, -0.25) is 19.3 Å². The Bertz CT molecular complexity index is 383. The summed E-state index contributed by atoms with van der Waals surface area (Å²) in [6.45, 7) is 5.36. The van der Waals surface area contributed by atoms with Gasteiger partial charge in [0.05, 0.1) is 0 Å². The molecule has 0 atom stereocenters. The van der Waals surface area contributed by atoms with Crippen LogP contribution < -0.4 is 5.73 Å². The van der Waals surface area contributed by atoms with Crippen molar-refractivity contribution >= 4 is 17.7 Å². The number of rotatable bonds is 1. The molecule has 0 bridgehead atoms. The van der Waals surface area contributed by atoms with Gasteiger partial charge in [0.25, 0.3) is 11.8 Å². The minimum Gasteiger partial charge on any atom is -0.369 e. The summed E-state index contributed by atoms with van der Waals surface area (Å²) < 4.78 is 0. The van der Waals surface area contributed by atoms with E-state index in [4.69, 9.17) is 5.73 Å². The molecule has 2 rings (SSSR count). The van der Waals surface area contributed by atoms with Crippen molar-refractivity contribution in [1.82, 2.24) is 4.90 Å². The maximum Gasteiger partial charge on any atom is 0.253 e. The summed E-state index contributed by atoms with van der Waals surface area (Å²) >= 11 is 0. The lowest BCUT2D eigenvalue weighted by molar-refractivity contribution is -0.139. The third kappa shape index (κ3) is 4.19. The van der Waals surface area contributed by atoms with Crippen LogP contribution in [-0.2, 0) is 14.4 Å². The van der Waals surface area contributed by atoms with Crippen molar-refractivity contribution in [3.05, 3.63) is 12.2 Å². The van der Waals surface area contributed by atoms with Gasteiger partial charge in [-0.2, -0.15) is 0 Å². The van der Waals surface area contributed by atoms with E-state index < -0.39 is 0 Å². The van der Waals surface area contributed by atoms with Gasteiger partial charge in [0.1, 0.15) is 0 Å². The molecule has 1 aliphatic carbocycles. The molecule has 0 aromatic heterocycles. The van der Waals surface area contributed by atoms with Crippen LogP contribution in [0.15, 0.2) is 12.2 Å². The summed E-state index contributed by atoms with van der Waals surface area (Å²) in [5.74, 6) is -0.522. The Morgan fingerprint density at radius 3 is 1.84 bits per heavy atom. The molecule has 106 valence electrons. The van der Waals surface area contributed by atoms with Gasteiger partial charge < -0.3 is 5.73 Å². The summed E-state index contributed by atoms with van der Waals surface area (Å²) in [4.78, 5) is 34.0. The average molecular weight is 266 g/mol. The molecule has 2 aliphatic rings. The van der Waals surface area contributed by atoms with Crippen LogP contribution in [0.1, 0.15) is 46.5 Å². The highest BCUT2D eigenvalue weighted by Crippen LogP contribution is 2.25. The van der Waals surface area contributed by atoms with E-state index >= 15 is 0 Å². The van der Waals surface area contributed by atoms with E-state index in [9.17, 15) is 14.4 Å². The molecule has 0 unspecified atom stereocenters. The van der Waals surface area contributed by atoms with Gasteiger partial charge in [-0.15, -0.1) is 0 Å². The third-order valence-electron chi connectivity index (χ3n) is 3.27. The van der Waals surface area contributed by atoms with Crippen LogP contribution in [-0.4, -0.2) is 28.7 Å². The number of hydrogen-bond donors (Lipinski definition) is 1. The van der Waals surface area contributed by atoms with Gasteiger partial charge in [0.15, 0.2) is 0 Å². The van der Waals surface area contributed by atoms with Gasteiger partial charge >= 0.3 is 0 Å². The molecule has 5 heteroatoms. The first-order valence-electron chi connectivity index (χ1n) is 6.58. The SMILES string of the molecule is CC(C)(C)C(N)=O.O=C1C=CC(=O)N1C1CCCC1. The number of nitrogens with zero attached hydrogens (tertiary/aromatic N) is 1. The van der Waals surface area contributed by atoms with E-state index in [0.717, 1.165) is 25.7 Å². The largest absolute Gasteiger partial charge is 0.369 e. The molecule has 1 heterocycles. The fraction of sp³-hybridized carbons (Fsp3) is 0.643. The van der Waals surface area contributed by atoms with Gasteiger partial charge in [-0.05, 0) is 12.8 Å². The minimum absolute atomic E-state index is 0.132. The van der Waals surface area contributed by atoms with Crippen LogP contribution in [0.3, 0.4) is 0 Å². The molecule has 19 heavy (non-hydrogen) atoms. The lowest BCUT2D eigenvalue weighted by Crippen LogP contribution is -2.38. The van der Waals surface area contributed by atoms with Crippen LogP contribution in [0.2, 0.25) is 0 Å². The molecular weight excluding hydrogens is 244 g/mol. The minimum atomic E-state index is -0.361. The van der Waals surface area contributed by atoms with Gasteiger partial charge in [-0.1, -0.05) is 33.6 Å². The van der Waals surface area contributed by atoms with Crippen LogP contribution in [0, 0.1) is 5.41 Å². The van der Waals surface area contributed by atoms with Crippen molar-refractivity contribution in [2.24, 2.45) is 11.1 Å². The number of amides is 3. The highest BCUT2D eigenvalue weighted by Gasteiger charge is 2.32. The quantitative estimate of drug-likeness (QED) is 0.728. The Hall–Kier alpha value is -1.65. The highest BCUT2D eigenvalue weighted by molar-refractivity contribution is 6.13.